The van der Waals surface area contributed by atoms with Crippen LogP contribution in [0.2, 0.25) is 5.02 Å². The maximum atomic E-state index is 12.9. The van der Waals surface area contributed by atoms with Gasteiger partial charge in [-0.2, -0.15) is 0 Å². The second kappa shape index (κ2) is 21.7. The van der Waals surface area contributed by atoms with E-state index in [4.69, 9.17) is 11.6 Å². The SMILES string of the molecule is CCCCCc1ccc(S(=O)(=O)Cc2ccccc2C(=O)CCC2CC2)cc1.CCc1c(O)c2ccccc2n(C)c1=O.O=C(NCc1csc2ccc(Cl)cc12)c1cnns1. The van der Waals surface area contributed by atoms with Gasteiger partial charge >= 0.3 is 0 Å². The minimum Gasteiger partial charge on any atom is -0.507 e. The summed E-state index contributed by atoms with van der Waals surface area (Å²) in [5.41, 5.74) is 4.52. The molecule has 7 aromatic rings. The number of para-hydroxylation sites is 1. The predicted octanol–water partition coefficient (Wildman–Crippen LogP) is 10.9. The Balaban J connectivity index is 0.000000164. The lowest BCUT2D eigenvalue weighted by Gasteiger charge is -2.10. The van der Waals surface area contributed by atoms with Crippen LogP contribution < -0.4 is 10.9 Å². The highest BCUT2D eigenvalue weighted by Gasteiger charge is 2.24. The summed E-state index contributed by atoms with van der Waals surface area (Å²) in [6.45, 7) is 4.51. The van der Waals surface area contributed by atoms with Crippen LogP contribution in [-0.2, 0) is 42.0 Å². The van der Waals surface area contributed by atoms with Crippen molar-refractivity contribution >= 4 is 77.0 Å². The van der Waals surface area contributed by atoms with Crippen molar-refractivity contribution in [1.29, 1.82) is 0 Å². The van der Waals surface area contributed by atoms with Gasteiger partial charge in [0.05, 0.1) is 27.9 Å². The number of pyridine rings is 1. The fourth-order valence-electron chi connectivity index (χ4n) is 7.11. The minimum atomic E-state index is -3.48. The number of rotatable bonds is 15. The van der Waals surface area contributed by atoms with Crippen LogP contribution in [0.5, 0.6) is 5.75 Å². The first kappa shape index (κ1) is 46.3. The van der Waals surface area contributed by atoms with Crippen molar-refractivity contribution in [3.63, 3.8) is 0 Å². The number of carbonyl (C=O) groups is 2. The second-order valence-electron chi connectivity index (χ2n) is 15.4. The van der Waals surface area contributed by atoms with Gasteiger partial charge in [0.15, 0.2) is 15.6 Å². The number of sulfone groups is 1. The lowest BCUT2D eigenvalue weighted by Crippen LogP contribution is -2.21. The summed E-state index contributed by atoms with van der Waals surface area (Å²) in [7, 11) is -1.76. The molecule has 324 valence electrons. The van der Waals surface area contributed by atoms with Crippen LogP contribution in [0, 0.1) is 5.92 Å². The third-order valence-electron chi connectivity index (χ3n) is 10.9. The van der Waals surface area contributed by atoms with Gasteiger partial charge in [-0.25, -0.2) is 8.42 Å². The molecule has 0 radical (unpaired) electrons. The number of hydrogen-bond donors (Lipinski definition) is 2. The number of amides is 1. The molecule has 10 nitrogen and oxygen atoms in total. The molecule has 3 aromatic heterocycles. The monoisotopic (exact) mass is 910 g/mol. The number of aryl methyl sites for hydroxylation is 2. The van der Waals surface area contributed by atoms with E-state index in [1.54, 1.807) is 53.3 Å². The van der Waals surface area contributed by atoms with E-state index in [9.17, 15) is 27.9 Å². The normalized spacial score (nSPS) is 12.3. The van der Waals surface area contributed by atoms with Gasteiger partial charge < -0.3 is 15.0 Å². The Kier molecular flexibility index (Phi) is 16.2. The average Bonchev–Trinajstić information content (AvgIpc) is 3.77. The number of aromatic nitrogens is 3. The van der Waals surface area contributed by atoms with E-state index in [0.717, 1.165) is 57.3 Å². The molecule has 0 saturated heterocycles. The minimum absolute atomic E-state index is 0.0592. The molecule has 3 heterocycles. The van der Waals surface area contributed by atoms with Crippen molar-refractivity contribution in [3.8, 4) is 5.75 Å². The van der Waals surface area contributed by atoms with Crippen LogP contribution in [-0.4, -0.2) is 39.4 Å². The lowest BCUT2D eigenvalue weighted by atomic mass is 10.0. The van der Waals surface area contributed by atoms with Gasteiger partial charge in [-0.1, -0.05) is 104 Å². The molecular formula is C48H51ClN4O6S3. The Hall–Kier alpha value is -5.21. The van der Waals surface area contributed by atoms with Crippen LogP contribution in [0.3, 0.4) is 0 Å². The summed E-state index contributed by atoms with van der Waals surface area (Å²) >= 11 is 8.72. The fraction of sp³-hybridized carbons (Fsp3) is 0.312. The molecule has 1 amide bonds. The summed E-state index contributed by atoms with van der Waals surface area (Å²) < 4.78 is 32.2. The molecule has 1 saturated carbocycles. The lowest BCUT2D eigenvalue weighted by molar-refractivity contribution is 0.0952. The molecule has 0 bridgehead atoms. The van der Waals surface area contributed by atoms with E-state index in [2.05, 4.69) is 21.8 Å². The van der Waals surface area contributed by atoms with Gasteiger partial charge in [0.1, 0.15) is 10.6 Å². The van der Waals surface area contributed by atoms with Crippen molar-refractivity contribution < 1.29 is 23.1 Å². The number of halogens is 1. The van der Waals surface area contributed by atoms with E-state index >= 15 is 0 Å². The van der Waals surface area contributed by atoms with E-state index in [1.807, 2.05) is 73.0 Å². The Labute approximate surface area is 375 Å². The molecule has 0 spiro atoms. The molecule has 0 aliphatic heterocycles. The number of fused-ring (bicyclic) bond motifs is 2. The zero-order chi connectivity index (χ0) is 44.2. The van der Waals surface area contributed by atoms with Gasteiger partial charge in [0, 0.05) is 40.7 Å². The summed E-state index contributed by atoms with van der Waals surface area (Å²) in [5, 5.41) is 21.0. The first-order chi connectivity index (χ1) is 29.9. The summed E-state index contributed by atoms with van der Waals surface area (Å²) in [6, 6.07) is 27.5. The molecule has 8 rings (SSSR count). The zero-order valence-electron chi connectivity index (χ0n) is 35.1. The number of ketones is 1. The fourth-order valence-corrected chi connectivity index (χ4v) is 10.0. The second-order valence-corrected chi connectivity index (χ2v) is 19.5. The Morgan fingerprint density at radius 2 is 1.68 bits per heavy atom. The quantitative estimate of drug-likeness (QED) is 0.0763. The van der Waals surface area contributed by atoms with E-state index < -0.39 is 9.84 Å². The van der Waals surface area contributed by atoms with Crippen LogP contribution in [0.15, 0.2) is 112 Å². The highest BCUT2D eigenvalue weighted by molar-refractivity contribution is 7.90. The van der Waals surface area contributed by atoms with Gasteiger partial charge in [-0.05, 0) is 113 Å². The number of Topliss-reactive ketones (excluding diaryl/α,β-unsaturated/α-hetero) is 1. The Morgan fingerprint density at radius 3 is 2.39 bits per heavy atom. The maximum absolute atomic E-state index is 12.9. The third-order valence-corrected chi connectivity index (χ3v) is 14.4. The maximum Gasteiger partial charge on any atom is 0.264 e. The van der Waals surface area contributed by atoms with Crippen molar-refractivity contribution in [1.82, 2.24) is 19.5 Å². The van der Waals surface area contributed by atoms with Crippen molar-refractivity contribution in [2.75, 3.05) is 0 Å². The molecule has 1 aliphatic rings. The highest BCUT2D eigenvalue weighted by Crippen LogP contribution is 2.34. The predicted molar refractivity (Wildman–Crippen MR) is 251 cm³/mol. The molecule has 1 aliphatic carbocycles. The van der Waals surface area contributed by atoms with Crippen molar-refractivity contribution in [2.45, 2.75) is 88.8 Å². The number of unbranched alkanes of at least 4 members (excludes halogenated alkanes) is 2. The first-order valence-electron chi connectivity index (χ1n) is 20.8. The molecule has 4 aromatic carbocycles. The number of benzene rings is 4. The average molecular weight is 912 g/mol. The number of nitrogens with one attached hydrogen (secondary N) is 1. The van der Waals surface area contributed by atoms with Gasteiger partial charge in [0.25, 0.3) is 11.5 Å². The Morgan fingerprint density at radius 1 is 0.935 bits per heavy atom. The Bertz CT molecular complexity index is 2800. The molecule has 14 heteroatoms. The van der Waals surface area contributed by atoms with Crippen LogP contribution in [0.1, 0.15) is 101 Å². The molecule has 0 unspecified atom stereocenters. The largest absolute Gasteiger partial charge is 0.507 e. The molecule has 2 N–H and O–H groups in total. The number of thiophene rings is 1. The highest BCUT2D eigenvalue weighted by atomic mass is 35.5. The van der Waals surface area contributed by atoms with Crippen LogP contribution in [0.4, 0.5) is 0 Å². The number of nitrogens with zero attached hydrogens (tertiary/aromatic N) is 3. The number of hydrogen-bond acceptors (Lipinski definition) is 10. The van der Waals surface area contributed by atoms with Crippen molar-refractivity contribution in [3.05, 3.63) is 151 Å². The molecular weight excluding hydrogens is 860 g/mol. The van der Waals surface area contributed by atoms with Gasteiger partial charge in [-0.3, -0.25) is 14.4 Å². The third kappa shape index (κ3) is 12.0. The van der Waals surface area contributed by atoms with Gasteiger partial charge in [-0.15, -0.1) is 16.4 Å². The van der Waals surface area contributed by atoms with Gasteiger partial charge in [0.2, 0.25) is 0 Å². The van der Waals surface area contributed by atoms with Crippen LogP contribution >= 0.6 is 34.5 Å². The summed E-state index contributed by atoms with van der Waals surface area (Å²) in [4.78, 5) is 37.1. The van der Waals surface area contributed by atoms with Crippen LogP contribution in [0.25, 0.3) is 21.0 Å². The molecule has 0 atom stereocenters. The topological polar surface area (TPSA) is 148 Å². The number of aromatic hydroxyl groups is 1. The standard InChI is InChI=1S/C24H30O3S.C12H8ClN3OS2.C12H13NO2/c1-2-3-4-7-19-12-15-22(16-13-19)28(26,27)18-21-8-5-6-9-23(21)24(25)17-14-20-10-11-20;13-8-1-2-10-9(3-8)7(6-18-10)4-14-12(17)11-5-15-16-19-11;1-3-8-11(14)9-6-4-5-7-10(9)13(2)12(8)15/h5-6,8-9,12-13,15-16,20H,2-4,7,10-11,14,17-18H2,1H3;1-3,5-6H,4H2,(H,14,17);4-7,14H,3H2,1-2H3. The summed E-state index contributed by atoms with van der Waals surface area (Å²) in [5.74, 6) is 0.584. The van der Waals surface area contributed by atoms with E-state index in [-0.39, 0.29) is 28.8 Å². The zero-order valence-corrected chi connectivity index (χ0v) is 38.3. The number of carbonyl (C=O) groups excluding carboxylic acids is 2. The summed E-state index contributed by atoms with van der Waals surface area (Å²) in [6.07, 6.45) is 10.3. The van der Waals surface area contributed by atoms with Crippen molar-refractivity contribution in [2.24, 2.45) is 13.0 Å². The molecule has 1 fully saturated rings. The van der Waals surface area contributed by atoms with E-state index in [0.29, 0.717) is 56.8 Å². The first-order valence-corrected chi connectivity index (χ1v) is 24.5. The van der Waals surface area contributed by atoms with E-state index in [1.165, 1.54) is 37.4 Å². The molecule has 62 heavy (non-hydrogen) atoms. The smallest absolute Gasteiger partial charge is 0.264 e.